The van der Waals surface area contributed by atoms with E-state index in [1.165, 1.54) is 5.56 Å². The van der Waals surface area contributed by atoms with Crippen LogP contribution in [-0.4, -0.2) is 9.55 Å². The monoisotopic (exact) mass is 328 g/mol. The number of hydrogen-bond donors (Lipinski definition) is 0. The highest BCUT2D eigenvalue weighted by Gasteiger charge is 2.03. The molecule has 1 heterocycles. The lowest BCUT2D eigenvalue weighted by atomic mass is 10.2. The molecule has 0 unspecified atom stereocenters. The van der Waals surface area contributed by atoms with Crippen LogP contribution < -0.4 is 0 Å². The molecule has 0 radical (unpaired) electrons. The van der Waals surface area contributed by atoms with Crippen LogP contribution in [0, 0.1) is 6.92 Å². The Morgan fingerprint density at radius 2 is 2.20 bits per heavy atom. The van der Waals surface area contributed by atoms with Gasteiger partial charge >= 0.3 is 0 Å². The van der Waals surface area contributed by atoms with Crippen molar-refractivity contribution in [2.45, 2.75) is 12.3 Å². The van der Waals surface area contributed by atoms with Crippen molar-refractivity contribution in [3.05, 3.63) is 46.5 Å². The molecule has 2 rings (SSSR count). The van der Waals surface area contributed by atoms with Gasteiger partial charge in [0.15, 0.2) is 0 Å². The fraction of sp³-hybridized carbons (Fsp3) is 0.182. The number of aromatic nitrogens is 2. The summed E-state index contributed by atoms with van der Waals surface area (Å²) in [7, 11) is 0. The molecule has 0 bridgehead atoms. The van der Waals surface area contributed by atoms with Crippen LogP contribution in [0.25, 0.3) is 5.69 Å². The molecule has 0 N–H and O–H groups in total. The van der Waals surface area contributed by atoms with Crippen LogP contribution >= 0.6 is 31.9 Å². The molecule has 4 heteroatoms. The van der Waals surface area contributed by atoms with Gasteiger partial charge in [0.2, 0.25) is 0 Å². The van der Waals surface area contributed by atoms with Crippen molar-refractivity contribution in [1.82, 2.24) is 9.55 Å². The molecule has 0 aliphatic rings. The first-order valence-corrected chi connectivity index (χ1v) is 6.47. The molecule has 1 aromatic heterocycles. The zero-order valence-corrected chi connectivity index (χ0v) is 11.4. The molecule has 0 saturated heterocycles. The van der Waals surface area contributed by atoms with E-state index < -0.39 is 0 Å². The van der Waals surface area contributed by atoms with Crippen LogP contribution in [0.15, 0.2) is 35.2 Å². The third kappa shape index (κ3) is 2.32. The second-order valence-electron chi connectivity index (χ2n) is 3.34. The Morgan fingerprint density at radius 1 is 1.40 bits per heavy atom. The molecule has 15 heavy (non-hydrogen) atoms. The summed E-state index contributed by atoms with van der Waals surface area (Å²) in [5.41, 5.74) is 3.43. The molecular formula is C11H10Br2N2. The number of halogens is 2. The maximum atomic E-state index is 4.28. The van der Waals surface area contributed by atoms with Gasteiger partial charge in [0, 0.05) is 16.0 Å². The first-order chi connectivity index (χ1) is 7.20. The maximum Gasteiger partial charge on any atom is 0.0995 e. The Kier molecular flexibility index (Phi) is 3.26. The second kappa shape index (κ2) is 4.49. The molecule has 78 valence electrons. The summed E-state index contributed by atoms with van der Waals surface area (Å²) in [4.78, 5) is 4.28. The Bertz CT molecular complexity index is 477. The summed E-state index contributed by atoms with van der Waals surface area (Å²) in [6, 6.07) is 6.23. The normalized spacial score (nSPS) is 10.6. The van der Waals surface area contributed by atoms with Crippen molar-refractivity contribution in [2.24, 2.45) is 0 Å². The van der Waals surface area contributed by atoms with Crippen molar-refractivity contribution in [3.8, 4) is 5.69 Å². The summed E-state index contributed by atoms with van der Waals surface area (Å²) in [6.07, 6.45) is 3.87. The van der Waals surface area contributed by atoms with Gasteiger partial charge < -0.3 is 4.57 Å². The van der Waals surface area contributed by atoms with Crippen molar-refractivity contribution in [2.75, 3.05) is 0 Å². The van der Waals surface area contributed by atoms with Crippen LogP contribution in [0.2, 0.25) is 0 Å². The molecule has 0 atom stereocenters. The van der Waals surface area contributed by atoms with E-state index in [4.69, 9.17) is 0 Å². The van der Waals surface area contributed by atoms with E-state index >= 15 is 0 Å². The van der Waals surface area contributed by atoms with E-state index in [9.17, 15) is 0 Å². The number of hydrogen-bond acceptors (Lipinski definition) is 1. The summed E-state index contributed by atoms with van der Waals surface area (Å²) in [5, 5.41) is 0.785. The van der Waals surface area contributed by atoms with Crippen LogP contribution in [0.3, 0.4) is 0 Å². The number of benzene rings is 1. The van der Waals surface area contributed by atoms with Gasteiger partial charge in [-0.3, -0.25) is 0 Å². The van der Waals surface area contributed by atoms with E-state index in [1.54, 1.807) is 0 Å². The van der Waals surface area contributed by atoms with Crippen LogP contribution in [0.1, 0.15) is 11.3 Å². The lowest BCUT2D eigenvalue weighted by Gasteiger charge is -2.06. The Labute approximate surface area is 106 Å². The largest absolute Gasteiger partial charge is 0.306 e. The van der Waals surface area contributed by atoms with Gasteiger partial charge in [0.25, 0.3) is 0 Å². The summed E-state index contributed by atoms with van der Waals surface area (Å²) >= 11 is 6.87. The van der Waals surface area contributed by atoms with Crippen molar-refractivity contribution >= 4 is 31.9 Å². The summed E-state index contributed by atoms with van der Waals surface area (Å²) in [6.45, 7) is 2.09. The van der Waals surface area contributed by atoms with Crippen molar-refractivity contribution in [3.63, 3.8) is 0 Å². The summed E-state index contributed by atoms with van der Waals surface area (Å²) in [5.74, 6) is 0. The van der Waals surface area contributed by atoms with Gasteiger partial charge in [-0.2, -0.15) is 0 Å². The average molecular weight is 330 g/mol. The highest BCUT2D eigenvalue weighted by Crippen LogP contribution is 2.20. The lowest BCUT2D eigenvalue weighted by molar-refractivity contribution is 1.04. The number of alkyl halides is 1. The Balaban J connectivity index is 2.48. The van der Waals surface area contributed by atoms with E-state index in [0.717, 1.165) is 21.2 Å². The number of rotatable bonds is 2. The molecule has 0 fully saturated rings. The van der Waals surface area contributed by atoms with Crippen molar-refractivity contribution < 1.29 is 0 Å². The predicted molar refractivity (Wildman–Crippen MR) is 68.6 cm³/mol. The quantitative estimate of drug-likeness (QED) is 0.765. The smallest absolute Gasteiger partial charge is 0.0995 e. The van der Waals surface area contributed by atoms with Crippen LogP contribution in [-0.2, 0) is 5.33 Å². The Hall–Kier alpha value is -0.610. The molecule has 0 aliphatic heterocycles. The molecule has 0 spiro atoms. The molecule has 0 amide bonds. The zero-order valence-electron chi connectivity index (χ0n) is 8.24. The third-order valence-electron chi connectivity index (χ3n) is 2.22. The van der Waals surface area contributed by atoms with Crippen LogP contribution in [0.4, 0.5) is 0 Å². The van der Waals surface area contributed by atoms with Gasteiger partial charge in [-0.25, -0.2) is 4.98 Å². The zero-order chi connectivity index (χ0) is 10.8. The first-order valence-electron chi connectivity index (χ1n) is 4.56. The predicted octanol–water partition coefficient (Wildman–Crippen LogP) is 3.84. The van der Waals surface area contributed by atoms with Gasteiger partial charge in [-0.15, -0.1) is 0 Å². The molecule has 2 nitrogen and oxygen atoms in total. The minimum absolute atomic E-state index is 0.785. The summed E-state index contributed by atoms with van der Waals surface area (Å²) < 4.78 is 3.12. The van der Waals surface area contributed by atoms with Gasteiger partial charge in [0.1, 0.15) is 0 Å². The standard InChI is InChI=1S/C11H10Br2N2/c1-8-2-3-9(13)4-11(8)15-6-10(5-12)14-7-15/h2-4,6-7H,5H2,1H3. The topological polar surface area (TPSA) is 17.8 Å². The lowest BCUT2D eigenvalue weighted by Crippen LogP contribution is -1.93. The second-order valence-corrected chi connectivity index (χ2v) is 4.81. The SMILES string of the molecule is Cc1ccc(Br)cc1-n1cnc(CBr)c1. The molecule has 2 aromatic rings. The highest BCUT2D eigenvalue weighted by atomic mass is 79.9. The van der Waals surface area contributed by atoms with Crippen molar-refractivity contribution in [1.29, 1.82) is 0 Å². The van der Waals surface area contributed by atoms with Gasteiger partial charge in [0.05, 0.1) is 17.7 Å². The fourth-order valence-corrected chi connectivity index (χ4v) is 2.06. The number of imidazole rings is 1. The Morgan fingerprint density at radius 3 is 2.87 bits per heavy atom. The van der Waals surface area contributed by atoms with E-state index in [1.807, 2.05) is 23.2 Å². The minimum Gasteiger partial charge on any atom is -0.306 e. The van der Waals surface area contributed by atoms with E-state index in [-0.39, 0.29) is 0 Å². The van der Waals surface area contributed by atoms with Crippen LogP contribution in [0.5, 0.6) is 0 Å². The molecule has 1 aromatic carbocycles. The highest BCUT2D eigenvalue weighted by molar-refractivity contribution is 9.10. The number of nitrogens with zero attached hydrogens (tertiary/aromatic N) is 2. The molecule has 0 saturated carbocycles. The average Bonchev–Trinajstić information content (AvgIpc) is 2.70. The maximum absolute atomic E-state index is 4.28. The minimum atomic E-state index is 0.785. The molecular weight excluding hydrogens is 320 g/mol. The van der Waals surface area contributed by atoms with E-state index in [0.29, 0.717) is 0 Å². The fourth-order valence-electron chi connectivity index (χ4n) is 1.43. The molecule has 0 aliphatic carbocycles. The van der Waals surface area contributed by atoms with Gasteiger partial charge in [-0.05, 0) is 24.6 Å². The van der Waals surface area contributed by atoms with Gasteiger partial charge in [-0.1, -0.05) is 37.9 Å². The third-order valence-corrected chi connectivity index (χ3v) is 3.29. The number of aryl methyl sites for hydroxylation is 1. The van der Waals surface area contributed by atoms with E-state index in [2.05, 4.69) is 55.9 Å². The first kappa shape index (κ1) is 10.9.